The van der Waals surface area contributed by atoms with Crippen LogP contribution >= 0.6 is 0 Å². The van der Waals surface area contributed by atoms with Crippen molar-refractivity contribution in [2.45, 2.75) is 26.3 Å². The lowest BCUT2D eigenvalue weighted by Crippen LogP contribution is -2.48. The highest BCUT2D eigenvalue weighted by Gasteiger charge is 2.68. The molecular formula is C16H19NO4. The lowest BCUT2D eigenvalue weighted by molar-refractivity contribution is -0.157. The van der Waals surface area contributed by atoms with E-state index in [-0.39, 0.29) is 41.4 Å². The molecule has 7 atom stereocenters. The van der Waals surface area contributed by atoms with Crippen LogP contribution in [0.4, 0.5) is 0 Å². The van der Waals surface area contributed by atoms with Crippen molar-refractivity contribution in [1.82, 2.24) is 4.90 Å². The number of rotatable bonds is 3. The molecule has 0 aromatic carbocycles. The molecule has 0 aromatic heterocycles. The first-order valence-corrected chi connectivity index (χ1v) is 7.71. The first-order valence-electron chi connectivity index (χ1n) is 7.71. The number of imide groups is 1. The molecule has 4 aliphatic carbocycles. The fraction of sp³-hybridized carbons (Fsp3) is 0.688. The molecule has 1 saturated heterocycles. The Hall–Kier alpha value is -1.65. The number of hydrogen-bond donors (Lipinski definition) is 1. The third-order valence-corrected chi connectivity index (χ3v) is 5.86. The van der Waals surface area contributed by atoms with Gasteiger partial charge in [-0.25, -0.2) is 4.79 Å². The van der Waals surface area contributed by atoms with E-state index >= 15 is 0 Å². The number of aliphatic carboxylic acids is 1. The number of carbonyl (C=O) groups excluding carboxylic acids is 2. The van der Waals surface area contributed by atoms with Gasteiger partial charge in [0.2, 0.25) is 11.8 Å². The molecule has 5 nitrogen and oxygen atoms in total. The molecule has 1 aliphatic heterocycles. The number of hydrogen-bond acceptors (Lipinski definition) is 3. The van der Waals surface area contributed by atoms with Gasteiger partial charge in [-0.3, -0.25) is 14.5 Å². The van der Waals surface area contributed by atoms with Gasteiger partial charge in [0.05, 0.1) is 11.8 Å². The van der Waals surface area contributed by atoms with E-state index in [4.69, 9.17) is 0 Å². The molecule has 5 rings (SSSR count). The fourth-order valence-electron chi connectivity index (χ4n) is 4.95. The molecule has 0 unspecified atom stereocenters. The van der Waals surface area contributed by atoms with Crippen molar-refractivity contribution in [3.8, 4) is 0 Å². The van der Waals surface area contributed by atoms with Crippen molar-refractivity contribution in [3.63, 3.8) is 0 Å². The van der Waals surface area contributed by atoms with E-state index in [0.717, 1.165) is 11.3 Å². The van der Waals surface area contributed by atoms with Crippen molar-refractivity contribution >= 4 is 17.8 Å². The Labute approximate surface area is 123 Å². The number of allylic oxidation sites excluding steroid dienone is 2. The van der Waals surface area contributed by atoms with E-state index in [1.165, 1.54) is 0 Å². The van der Waals surface area contributed by atoms with Gasteiger partial charge in [0.1, 0.15) is 6.04 Å². The number of amides is 2. The number of carboxylic acid groups (broad SMARTS) is 1. The number of carboxylic acids is 1. The average Bonchev–Trinajstić information content (AvgIpc) is 3.19. The smallest absolute Gasteiger partial charge is 0.327 e. The summed E-state index contributed by atoms with van der Waals surface area (Å²) in [5.74, 6) is -1.12. The highest BCUT2D eigenvalue weighted by molar-refractivity contribution is 6.08. The minimum Gasteiger partial charge on any atom is -0.480 e. The SMILES string of the molecule is CC(C)[C@@H](C(=O)O)N1C(=O)[C@@H]2[C@@H]3C=C[C@H]([C@H]4C[C@@H]34)[C@@H]2C1=O. The predicted molar refractivity (Wildman–Crippen MR) is 72.8 cm³/mol. The van der Waals surface area contributed by atoms with Crippen LogP contribution in [0, 0.1) is 41.4 Å². The summed E-state index contributed by atoms with van der Waals surface area (Å²) in [7, 11) is 0. The second-order valence-corrected chi connectivity index (χ2v) is 7.23. The van der Waals surface area contributed by atoms with Crippen LogP contribution < -0.4 is 0 Å². The maximum atomic E-state index is 12.8. The Bertz CT molecular complexity index is 545. The Morgan fingerprint density at radius 2 is 1.62 bits per heavy atom. The molecule has 0 aromatic rings. The van der Waals surface area contributed by atoms with Gasteiger partial charge in [-0.05, 0) is 36.0 Å². The predicted octanol–water partition coefficient (Wildman–Crippen LogP) is 1.15. The van der Waals surface area contributed by atoms with Crippen LogP contribution in [0.1, 0.15) is 20.3 Å². The lowest BCUT2D eigenvalue weighted by Gasteiger charge is -2.37. The molecule has 3 fully saturated rings. The normalized spacial score (nSPS) is 44.0. The maximum absolute atomic E-state index is 12.8. The zero-order chi connectivity index (χ0) is 15.0. The third-order valence-electron chi connectivity index (χ3n) is 5.86. The molecule has 0 radical (unpaired) electrons. The van der Waals surface area contributed by atoms with E-state index in [0.29, 0.717) is 11.8 Å². The minimum atomic E-state index is -1.09. The van der Waals surface area contributed by atoms with E-state index in [9.17, 15) is 19.5 Å². The summed E-state index contributed by atoms with van der Waals surface area (Å²) in [5, 5.41) is 9.42. The van der Waals surface area contributed by atoms with E-state index in [1.807, 2.05) is 0 Å². The van der Waals surface area contributed by atoms with Crippen molar-refractivity contribution in [3.05, 3.63) is 12.2 Å². The molecule has 1 heterocycles. The zero-order valence-electron chi connectivity index (χ0n) is 12.1. The molecular weight excluding hydrogens is 270 g/mol. The van der Waals surface area contributed by atoms with Crippen molar-refractivity contribution in [2.75, 3.05) is 0 Å². The van der Waals surface area contributed by atoms with Crippen molar-refractivity contribution in [2.24, 2.45) is 41.4 Å². The van der Waals surface area contributed by atoms with Gasteiger partial charge in [0.15, 0.2) is 0 Å². The number of carbonyl (C=O) groups is 3. The van der Waals surface area contributed by atoms with Crippen LogP contribution in [-0.2, 0) is 14.4 Å². The largest absolute Gasteiger partial charge is 0.480 e. The summed E-state index contributed by atoms with van der Waals surface area (Å²) in [4.78, 5) is 38.1. The maximum Gasteiger partial charge on any atom is 0.327 e. The van der Waals surface area contributed by atoms with Crippen LogP contribution in [0.15, 0.2) is 12.2 Å². The van der Waals surface area contributed by atoms with Gasteiger partial charge in [0, 0.05) is 0 Å². The first-order chi connectivity index (χ1) is 9.93. The number of nitrogens with zero attached hydrogens (tertiary/aromatic N) is 1. The van der Waals surface area contributed by atoms with E-state index in [2.05, 4.69) is 12.2 Å². The molecule has 2 bridgehead atoms. The Morgan fingerprint density at radius 3 is 2.00 bits per heavy atom. The van der Waals surface area contributed by atoms with Crippen LogP contribution in [0.3, 0.4) is 0 Å². The van der Waals surface area contributed by atoms with E-state index < -0.39 is 12.0 Å². The highest BCUT2D eigenvalue weighted by Crippen LogP contribution is 2.65. The monoisotopic (exact) mass is 289 g/mol. The van der Waals surface area contributed by atoms with Gasteiger partial charge < -0.3 is 5.11 Å². The Kier molecular flexibility index (Phi) is 2.46. The van der Waals surface area contributed by atoms with Gasteiger partial charge in [0.25, 0.3) is 0 Å². The molecule has 2 saturated carbocycles. The quantitative estimate of drug-likeness (QED) is 0.624. The van der Waals surface area contributed by atoms with Gasteiger partial charge in [-0.2, -0.15) is 0 Å². The zero-order valence-corrected chi connectivity index (χ0v) is 12.1. The molecule has 0 spiro atoms. The summed E-state index contributed by atoms with van der Waals surface area (Å²) < 4.78 is 0. The van der Waals surface area contributed by atoms with Crippen molar-refractivity contribution in [1.29, 1.82) is 0 Å². The molecule has 112 valence electrons. The minimum absolute atomic E-state index is 0.146. The third kappa shape index (κ3) is 1.49. The van der Waals surface area contributed by atoms with E-state index in [1.54, 1.807) is 13.8 Å². The highest BCUT2D eigenvalue weighted by atomic mass is 16.4. The Morgan fingerprint density at radius 1 is 1.14 bits per heavy atom. The van der Waals surface area contributed by atoms with Crippen LogP contribution in [-0.4, -0.2) is 33.8 Å². The second kappa shape index (κ2) is 3.96. The topological polar surface area (TPSA) is 74.7 Å². The molecule has 5 aliphatic rings. The second-order valence-electron chi connectivity index (χ2n) is 7.23. The number of likely N-dealkylation sites (tertiary alicyclic amines) is 1. The fourth-order valence-corrected chi connectivity index (χ4v) is 4.95. The lowest BCUT2D eigenvalue weighted by atomic mass is 9.63. The summed E-state index contributed by atoms with van der Waals surface area (Å²) >= 11 is 0. The standard InChI is InChI=1S/C16H19NO4/c1-6(2)13(16(20)21)17-14(18)11-7-3-4-8(10-5-9(7)10)12(11)15(17)19/h3-4,6-13H,5H2,1-2H3,(H,20,21)/t7-,8-,9-,10+,11+,12-,13+/m1/s1. The molecule has 5 heteroatoms. The summed E-state index contributed by atoms with van der Waals surface area (Å²) in [5.41, 5.74) is 0. The average molecular weight is 289 g/mol. The van der Waals surface area contributed by atoms with Crippen LogP contribution in [0.5, 0.6) is 0 Å². The van der Waals surface area contributed by atoms with Gasteiger partial charge >= 0.3 is 5.97 Å². The summed E-state index contributed by atoms with van der Waals surface area (Å²) in [6.45, 7) is 3.48. The first kappa shape index (κ1) is 13.0. The molecule has 1 N–H and O–H groups in total. The summed E-state index contributed by atoms with van der Waals surface area (Å²) in [6, 6.07) is -1.04. The van der Waals surface area contributed by atoms with Crippen LogP contribution in [0.25, 0.3) is 0 Å². The van der Waals surface area contributed by atoms with Gasteiger partial charge in [-0.1, -0.05) is 26.0 Å². The Balaban J connectivity index is 1.73. The van der Waals surface area contributed by atoms with Gasteiger partial charge in [-0.15, -0.1) is 0 Å². The van der Waals surface area contributed by atoms with Crippen molar-refractivity contribution < 1.29 is 19.5 Å². The molecule has 21 heavy (non-hydrogen) atoms. The molecule has 2 amide bonds. The van der Waals surface area contributed by atoms with Crippen LogP contribution in [0.2, 0.25) is 0 Å². The summed E-state index contributed by atoms with van der Waals surface area (Å²) in [6.07, 6.45) is 5.31.